The van der Waals surface area contributed by atoms with Crippen LogP contribution in [0.15, 0.2) is 42.5 Å². The van der Waals surface area contributed by atoms with E-state index in [-0.39, 0.29) is 5.54 Å². The Morgan fingerprint density at radius 1 is 1.05 bits per heavy atom. The largest absolute Gasteiger partial charge is 0.326 e. The molecule has 0 aliphatic heterocycles. The first-order valence-corrected chi connectivity index (χ1v) is 7.02. The van der Waals surface area contributed by atoms with E-state index in [0.717, 1.165) is 25.9 Å². The first-order valence-electron chi connectivity index (χ1n) is 7.02. The molecular formula is C17H24N2. The summed E-state index contributed by atoms with van der Waals surface area (Å²) in [5, 5.41) is 6.17. The van der Waals surface area contributed by atoms with E-state index in [9.17, 15) is 0 Å². The van der Waals surface area contributed by atoms with Crippen molar-refractivity contribution >= 4 is 10.8 Å². The summed E-state index contributed by atoms with van der Waals surface area (Å²) in [7, 11) is 0. The van der Waals surface area contributed by atoms with E-state index in [4.69, 9.17) is 5.73 Å². The Morgan fingerprint density at radius 2 is 1.79 bits per heavy atom. The van der Waals surface area contributed by atoms with Crippen LogP contribution in [-0.4, -0.2) is 12.1 Å². The number of hydrogen-bond acceptors (Lipinski definition) is 2. The minimum Gasteiger partial charge on any atom is -0.326 e. The van der Waals surface area contributed by atoms with Gasteiger partial charge in [-0.1, -0.05) is 42.5 Å². The second kappa shape index (κ2) is 6.18. The quantitative estimate of drug-likeness (QED) is 0.777. The Morgan fingerprint density at radius 3 is 2.58 bits per heavy atom. The zero-order valence-electron chi connectivity index (χ0n) is 11.9. The molecule has 3 N–H and O–H groups in total. The average Bonchev–Trinajstić information content (AvgIpc) is 2.37. The topological polar surface area (TPSA) is 38.0 Å². The van der Waals surface area contributed by atoms with Gasteiger partial charge in [0.05, 0.1) is 0 Å². The van der Waals surface area contributed by atoms with Gasteiger partial charge >= 0.3 is 0 Å². The molecule has 0 aliphatic rings. The third-order valence-corrected chi connectivity index (χ3v) is 3.37. The van der Waals surface area contributed by atoms with Gasteiger partial charge in [0.2, 0.25) is 0 Å². The molecule has 0 heterocycles. The van der Waals surface area contributed by atoms with Crippen molar-refractivity contribution in [1.82, 2.24) is 5.32 Å². The molecule has 0 bridgehead atoms. The number of rotatable bonds is 6. The monoisotopic (exact) mass is 256 g/mol. The van der Waals surface area contributed by atoms with Gasteiger partial charge in [0.1, 0.15) is 0 Å². The molecular weight excluding hydrogens is 232 g/mol. The Labute approximate surface area is 116 Å². The molecule has 102 valence electrons. The summed E-state index contributed by atoms with van der Waals surface area (Å²) >= 11 is 0. The molecule has 2 heteroatoms. The fraction of sp³-hybridized carbons (Fsp3) is 0.412. The van der Waals surface area contributed by atoms with Gasteiger partial charge in [-0.25, -0.2) is 0 Å². The third-order valence-electron chi connectivity index (χ3n) is 3.37. The normalized spacial score (nSPS) is 11.9. The van der Waals surface area contributed by atoms with Gasteiger partial charge in [0.15, 0.2) is 0 Å². The standard InChI is InChI=1S/C17H24N2/c1-17(2,18)11-6-12-19-13-15-9-5-8-14-7-3-4-10-16(14)15/h3-5,7-10,19H,6,11-13,18H2,1-2H3. The van der Waals surface area contributed by atoms with Crippen LogP contribution in [0.25, 0.3) is 10.8 Å². The van der Waals surface area contributed by atoms with Crippen molar-refractivity contribution in [2.24, 2.45) is 5.73 Å². The molecule has 19 heavy (non-hydrogen) atoms. The van der Waals surface area contributed by atoms with Gasteiger partial charge in [0, 0.05) is 12.1 Å². The van der Waals surface area contributed by atoms with Crippen molar-refractivity contribution in [2.45, 2.75) is 38.8 Å². The predicted octanol–water partition coefficient (Wildman–Crippen LogP) is 3.45. The lowest BCUT2D eigenvalue weighted by molar-refractivity contribution is 0.448. The van der Waals surface area contributed by atoms with E-state index in [2.05, 4.69) is 61.6 Å². The molecule has 0 radical (unpaired) electrons. The number of hydrogen-bond donors (Lipinski definition) is 2. The molecule has 0 fully saturated rings. The van der Waals surface area contributed by atoms with Crippen molar-refractivity contribution in [3.8, 4) is 0 Å². The van der Waals surface area contributed by atoms with Gasteiger partial charge in [0.25, 0.3) is 0 Å². The lowest BCUT2D eigenvalue weighted by atomic mass is 10.00. The van der Waals surface area contributed by atoms with Crippen LogP contribution >= 0.6 is 0 Å². The van der Waals surface area contributed by atoms with Crippen LogP contribution in [0.4, 0.5) is 0 Å². The second-order valence-corrected chi connectivity index (χ2v) is 5.91. The summed E-state index contributed by atoms with van der Waals surface area (Å²) < 4.78 is 0. The summed E-state index contributed by atoms with van der Waals surface area (Å²) in [5.41, 5.74) is 7.29. The number of benzene rings is 2. The summed E-state index contributed by atoms with van der Waals surface area (Å²) in [5.74, 6) is 0. The van der Waals surface area contributed by atoms with Crippen LogP contribution in [0, 0.1) is 0 Å². The summed E-state index contributed by atoms with van der Waals surface area (Å²) in [6.07, 6.45) is 2.17. The van der Waals surface area contributed by atoms with E-state index < -0.39 is 0 Å². The molecule has 0 aromatic heterocycles. The average molecular weight is 256 g/mol. The Balaban J connectivity index is 1.88. The number of fused-ring (bicyclic) bond motifs is 1. The van der Waals surface area contributed by atoms with E-state index >= 15 is 0 Å². The van der Waals surface area contributed by atoms with E-state index in [1.165, 1.54) is 16.3 Å². The lowest BCUT2D eigenvalue weighted by Gasteiger charge is -2.18. The third kappa shape index (κ3) is 4.34. The Kier molecular flexibility index (Phi) is 4.56. The van der Waals surface area contributed by atoms with Crippen molar-refractivity contribution in [3.05, 3.63) is 48.0 Å². The first-order chi connectivity index (χ1) is 9.06. The van der Waals surface area contributed by atoms with E-state index in [1.54, 1.807) is 0 Å². The molecule has 0 spiro atoms. The predicted molar refractivity (Wildman–Crippen MR) is 83.2 cm³/mol. The molecule has 0 amide bonds. The fourth-order valence-corrected chi connectivity index (χ4v) is 2.34. The number of nitrogens with one attached hydrogen (secondary N) is 1. The molecule has 0 unspecified atom stereocenters. The van der Waals surface area contributed by atoms with Gasteiger partial charge in [-0.2, -0.15) is 0 Å². The van der Waals surface area contributed by atoms with Crippen LogP contribution in [0.5, 0.6) is 0 Å². The molecule has 0 saturated carbocycles. The zero-order chi connectivity index (χ0) is 13.7. The minimum atomic E-state index is -0.0544. The van der Waals surface area contributed by atoms with E-state index in [1.807, 2.05) is 0 Å². The summed E-state index contributed by atoms with van der Waals surface area (Å²) in [6, 6.07) is 15.0. The van der Waals surface area contributed by atoms with Gasteiger partial charge in [-0.15, -0.1) is 0 Å². The van der Waals surface area contributed by atoms with Crippen molar-refractivity contribution in [3.63, 3.8) is 0 Å². The lowest BCUT2D eigenvalue weighted by Crippen LogP contribution is -2.32. The van der Waals surface area contributed by atoms with Gasteiger partial charge in [-0.3, -0.25) is 0 Å². The molecule has 0 atom stereocenters. The summed E-state index contributed by atoms with van der Waals surface area (Å²) in [6.45, 7) is 6.10. The maximum Gasteiger partial charge on any atom is 0.0211 e. The van der Waals surface area contributed by atoms with E-state index in [0.29, 0.717) is 0 Å². The highest BCUT2D eigenvalue weighted by Gasteiger charge is 2.09. The van der Waals surface area contributed by atoms with Crippen molar-refractivity contribution < 1.29 is 0 Å². The van der Waals surface area contributed by atoms with Crippen LogP contribution in [0.1, 0.15) is 32.3 Å². The molecule has 0 saturated heterocycles. The minimum absolute atomic E-state index is 0.0544. The van der Waals surface area contributed by atoms with Crippen LogP contribution < -0.4 is 11.1 Å². The Hall–Kier alpha value is -1.38. The highest BCUT2D eigenvalue weighted by molar-refractivity contribution is 5.85. The van der Waals surface area contributed by atoms with Crippen LogP contribution in [0.2, 0.25) is 0 Å². The smallest absolute Gasteiger partial charge is 0.0211 e. The molecule has 0 aliphatic carbocycles. The molecule has 2 nitrogen and oxygen atoms in total. The van der Waals surface area contributed by atoms with Crippen molar-refractivity contribution in [1.29, 1.82) is 0 Å². The maximum atomic E-state index is 5.98. The highest BCUT2D eigenvalue weighted by Crippen LogP contribution is 2.18. The van der Waals surface area contributed by atoms with Crippen molar-refractivity contribution in [2.75, 3.05) is 6.54 Å². The fourth-order valence-electron chi connectivity index (χ4n) is 2.34. The molecule has 2 aromatic carbocycles. The molecule has 2 aromatic rings. The van der Waals surface area contributed by atoms with Gasteiger partial charge in [-0.05, 0) is 49.6 Å². The zero-order valence-corrected chi connectivity index (χ0v) is 11.9. The second-order valence-electron chi connectivity index (χ2n) is 5.91. The first kappa shape index (κ1) is 14.0. The van der Waals surface area contributed by atoms with Crippen LogP contribution in [-0.2, 0) is 6.54 Å². The SMILES string of the molecule is CC(C)(N)CCCNCc1cccc2ccccc12. The Bertz CT molecular complexity index is 521. The summed E-state index contributed by atoms with van der Waals surface area (Å²) in [4.78, 5) is 0. The van der Waals surface area contributed by atoms with Gasteiger partial charge < -0.3 is 11.1 Å². The van der Waals surface area contributed by atoms with Crippen LogP contribution in [0.3, 0.4) is 0 Å². The number of nitrogens with two attached hydrogens (primary N) is 1. The highest BCUT2D eigenvalue weighted by atomic mass is 14.8. The maximum absolute atomic E-state index is 5.98. The molecule has 2 rings (SSSR count).